The zero-order chi connectivity index (χ0) is 25.3. The quantitative estimate of drug-likeness (QED) is 0.367. The average Bonchev–Trinajstić information content (AvgIpc) is 3.40. The predicted molar refractivity (Wildman–Crippen MR) is 120 cm³/mol. The van der Waals surface area contributed by atoms with E-state index >= 15 is 0 Å². The van der Waals surface area contributed by atoms with Gasteiger partial charge in [0.15, 0.2) is 11.5 Å². The Bertz CT molecular complexity index is 1720. The first-order valence-electron chi connectivity index (χ1n) is 11.0. The lowest BCUT2D eigenvalue weighted by Gasteiger charge is -2.19. The van der Waals surface area contributed by atoms with Crippen LogP contribution >= 0.6 is 0 Å². The number of nitrogen functional groups attached to an aromatic ring is 1. The van der Waals surface area contributed by atoms with E-state index in [0.29, 0.717) is 29.0 Å². The van der Waals surface area contributed by atoms with E-state index in [1.54, 1.807) is 6.92 Å². The van der Waals surface area contributed by atoms with Crippen molar-refractivity contribution < 1.29 is 17.6 Å². The lowest BCUT2D eigenvalue weighted by molar-refractivity contribution is 0.0566. The topological polar surface area (TPSA) is 122 Å². The Labute approximate surface area is 199 Å². The molecule has 1 fully saturated rings. The van der Waals surface area contributed by atoms with Crippen LogP contribution in [0.25, 0.3) is 33.2 Å². The standard InChI is InChI=1S/C22H17F4N9O/c1-9(19-31-17-13(4-11(23)5-14(17)24)21(36)34(19)12-2-3-12)35-20-15(18(27)28-8-29-20)16(32-35)10-6-30-33(7-10)22(25)26/h4-9,12,22H,2-3H2,1H3,(H2,27,28,29)/t9-/m0/s1. The maximum absolute atomic E-state index is 14.6. The van der Waals surface area contributed by atoms with E-state index < -0.39 is 29.8 Å². The molecule has 2 N–H and O–H groups in total. The first kappa shape index (κ1) is 22.1. The van der Waals surface area contributed by atoms with Gasteiger partial charge in [0.1, 0.15) is 41.0 Å². The van der Waals surface area contributed by atoms with E-state index in [4.69, 9.17) is 5.73 Å². The first-order valence-corrected chi connectivity index (χ1v) is 11.0. The summed E-state index contributed by atoms with van der Waals surface area (Å²) < 4.78 is 58.1. The van der Waals surface area contributed by atoms with Crippen LogP contribution in [-0.2, 0) is 0 Å². The molecule has 4 aromatic heterocycles. The average molecular weight is 499 g/mol. The Morgan fingerprint density at radius 1 is 1.17 bits per heavy atom. The highest BCUT2D eigenvalue weighted by Crippen LogP contribution is 2.38. The van der Waals surface area contributed by atoms with E-state index in [0.717, 1.165) is 12.3 Å². The second-order valence-corrected chi connectivity index (χ2v) is 8.57. The molecule has 0 saturated heterocycles. The number of hydrogen-bond acceptors (Lipinski definition) is 7. The number of fused-ring (bicyclic) bond motifs is 2. The number of alkyl halides is 2. The number of nitrogens with two attached hydrogens (primary N) is 1. The van der Waals surface area contributed by atoms with Crippen molar-refractivity contribution in [2.24, 2.45) is 0 Å². The van der Waals surface area contributed by atoms with Gasteiger partial charge in [-0.2, -0.15) is 19.0 Å². The zero-order valence-corrected chi connectivity index (χ0v) is 18.6. The molecule has 1 saturated carbocycles. The largest absolute Gasteiger partial charge is 0.383 e. The lowest BCUT2D eigenvalue weighted by atomic mass is 10.2. The Balaban J connectivity index is 1.59. The summed E-state index contributed by atoms with van der Waals surface area (Å²) in [5, 5.41) is 8.36. The molecule has 0 amide bonds. The highest BCUT2D eigenvalue weighted by atomic mass is 19.3. The maximum atomic E-state index is 14.6. The number of nitrogens with zero attached hydrogens (tertiary/aromatic N) is 8. The van der Waals surface area contributed by atoms with Crippen molar-refractivity contribution in [2.75, 3.05) is 5.73 Å². The molecule has 6 rings (SSSR count). The molecule has 0 bridgehead atoms. The van der Waals surface area contributed by atoms with Gasteiger partial charge in [0, 0.05) is 23.9 Å². The summed E-state index contributed by atoms with van der Waals surface area (Å²) in [6.45, 7) is -1.17. The SMILES string of the molecule is C[C@@H](c1nc2c(F)cc(F)cc2c(=O)n1C1CC1)n1nc(-c2cnn(C(F)F)c2)c2c(N)ncnc21. The number of aromatic nitrogens is 8. The highest BCUT2D eigenvalue weighted by molar-refractivity contribution is 5.98. The highest BCUT2D eigenvalue weighted by Gasteiger charge is 2.32. The molecule has 0 radical (unpaired) electrons. The van der Waals surface area contributed by atoms with Gasteiger partial charge in [-0.05, 0) is 25.8 Å². The van der Waals surface area contributed by atoms with Crippen molar-refractivity contribution in [1.29, 1.82) is 0 Å². The van der Waals surface area contributed by atoms with Crippen LogP contribution in [0.5, 0.6) is 0 Å². The zero-order valence-electron chi connectivity index (χ0n) is 18.6. The van der Waals surface area contributed by atoms with Crippen LogP contribution in [0.3, 0.4) is 0 Å². The maximum Gasteiger partial charge on any atom is 0.333 e. The van der Waals surface area contributed by atoms with Crippen LogP contribution in [0.15, 0.2) is 35.6 Å². The van der Waals surface area contributed by atoms with Crippen LogP contribution in [-0.4, -0.2) is 39.1 Å². The van der Waals surface area contributed by atoms with Crippen molar-refractivity contribution >= 4 is 27.8 Å². The third kappa shape index (κ3) is 3.31. The minimum atomic E-state index is -2.85. The summed E-state index contributed by atoms with van der Waals surface area (Å²) in [7, 11) is 0. The summed E-state index contributed by atoms with van der Waals surface area (Å²) in [5.41, 5.74) is 5.99. The first-order chi connectivity index (χ1) is 17.2. The molecular weight excluding hydrogens is 482 g/mol. The summed E-state index contributed by atoms with van der Waals surface area (Å²) in [6.07, 6.45) is 4.97. The summed E-state index contributed by atoms with van der Waals surface area (Å²) >= 11 is 0. The van der Waals surface area contributed by atoms with Crippen molar-refractivity contribution in [2.45, 2.75) is 38.4 Å². The van der Waals surface area contributed by atoms with Crippen molar-refractivity contribution in [3.05, 3.63) is 58.7 Å². The number of anilines is 1. The summed E-state index contributed by atoms with van der Waals surface area (Å²) in [6, 6.07) is 0.684. The van der Waals surface area contributed by atoms with Gasteiger partial charge >= 0.3 is 6.55 Å². The van der Waals surface area contributed by atoms with Crippen molar-refractivity contribution in [3.63, 3.8) is 0 Å². The van der Waals surface area contributed by atoms with Crippen LogP contribution in [0.4, 0.5) is 23.4 Å². The van der Waals surface area contributed by atoms with E-state index in [2.05, 4.69) is 25.1 Å². The van der Waals surface area contributed by atoms with E-state index in [1.165, 1.54) is 21.8 Å². The minimum Gasteiger partial charge on any atom is -0.383 e. The molecule has 0 unspecified atom stereocenters. The van der Waals surface area contributed by atoms with Gasteiger partial charge in [-0.1, -0.05) is 0 Å². The number of halogens is 4. The van der Waals surface area contributed by atoms with Gasteiger partial charge in [-0.3, -0.25) is 9.36 Å². The molecule has 1 atom stereocenters. The molecule has 1 aliphatic rings. The molecule has 1 aromatic carbocycles. The Kier molecular flexibility index (Phi) is 4.81. The number of rotatable bonds is 5. The van der Waals surface area contributed by atoms with E-state index in [9.17, 15) is 22.4 Å². The van der Waals surface area contributed by atoms with Crippen molar-refractivity contribution in [3.8, 4) is 11.3 Å². The van der Waals surface area contributed by atoms with Gasteiger partial charge in [0.05, 0.1) is 17.0 Å². The Morgan fingerprint density at radius 2 is 1.94 bits per heavy atom. The molecule has 10 nitrogen and oxygen atoms in total. The third-order valence-corrected chi connectivity index (χ3v) is 6.20. The van der Waals surface area contributed by atoms with Crippen LogP contribution in [0.2, 0.25) is 0 Å². The fourth-order valence-corrected chi connectivity index (χ4v) is 4.37. The van der Waals surface area contributed by atoms with Gasteiger partial charge in [-0.15, -0.1) is 0 Å². The van der Waals surface area contributed by atoms with Crippen LogP contribution in [0.1, 0.15) is 44.2 Å². The molecule has 1 aliphatic carbocycles. The smallest absolute Gasteiger partial charge is 0.333 e. The van der Waals surface area contributed by atoms with Crippen molar-refractivity contribution in [1.82, 2.24) is 39.1 Å². The van der Waals surface area contributed by atoms with Crippen LogP contribution in [0, 0.1) is 11.6 Å². The molecule has 36 heavy (non-hydrogen) atoms. The van der Waals surface area contributed by atoms with Gasteiger partial charge in [0.2, 0.25) is 0 Å². The molecule has 14 heteroatoms. The van der Waals surface area contributed by atoms with Gasteiger partial charge in [0.25, 0.3) is 5.56 Å². The summed E-state index contributed by atoms with van der Waals surface area (Å²) in [5.74, 6) is -1.58. The number of benzene rings is 1. The normalized spacial score (nSPS) is 14.8. The summed E-state index contributed by atoms with van der Waals surface area (Å²) in [4.78, 5) is 26.0. The molecule has 0 spiro atoms. The monoisotopic (exact) mass is 499 g/mol. The van der Waals surface area contributed by atoms with Gasteiger partial charge in [-0.25, -0.2) is 33.1 Å². The fourth-order valence-electron chi connectivity index (χ4n) is 4.37. The number of hydrogen-bond donors (Lipinski definition) is 1. The minimum absolute atomic E-state index is 0.0609. The second-order valence-electron chi connectivity index (χ2n) is 8.57. The molecule has 184 valence electrons. The molecule has 5 aromatic rings. The molecular formula is C22H17F4N9O. The second kappa shape index (κ2) is 7.83. The third-order valence-electron chi connectivity index (χ3n) is 6.20. The Morgan fingerprint density at radius 3 is 2.64 bits per heavy atom. The molecule has 0 aliphatic heterocycles. The van der Waals surface area contributed by atoms with E-state index in [1.807, 2.05) is 0 Å². The predicted octanol–water partition coefficient (Wildman–Crippen LogP) is 3.60. The lowest BCUT2D eigenvalue weighted by Crippen LogP contribution is -2.28. The van der Waals surface area contributed by atoms with Crippen LogP contribution < -0.4 is 11.3 Å². The van der Waals surface area contributed by atoms with Gasteiger partial charge < -0.3 is 5.73 Å². The fraction of sp³-hybridized carbons (Fsp3) is 0.273. The Hall–Kier alpha value is -4.36. The van der Waals surface area contributed by atoms with E-state index in [-0.39, 0.29) is 45.5 Å². The molecule has 4 heterocycles.